The first-order valence-corrected chi connectivity index (χ1v) is 7.65. The molecule has 0 atom stereocenters. The Morgan fingerprint density at radius 3 is 2.58 bits per heavy atom. The van der Waals surface area contributed by atoms with Crippen molar-refractivity contribution >= 4 is 22.7 Å². The van der Waals surface area contributed by atoms with Crippen LogP contribution >= 0.6 is 0 Å². The second-order valence-electron chi connectivity index (χ2n) is 5.83. The summed E-state index contributed by atoms with van der Waals surface area (Å²) in [7, 11) is 1.34. The van der Waals surface area contributed by atoms with E-state index in [1.54, 1.807) is 12.3 Å². The van der Waals surface area contributed by atoms with E-state index in [9.17, 15) is 9.59 Å². The first kappa shape index (κ1) is 15.9. The van der Waals surface area contributed by atoms with E-state index in [0.717, 1.165) is 22.0 Å². The molecule has 0 saturated heterocycles. The predicted molar refractivity (Wildman–Crippen MR) is 91.2 cm³/mol. The fraction of sp³-hybridized carbons (Fsp3) is 0.211. The Morgan fingerprint density at radius 2 is 1.88 bits per heavy atom. The van der Waals surface area contributed by atoms with E-state index in [2.05, 4.69) is 9.97 Å². The SMILES string of the molecule is COC(=O)Cc1c(C(=O)c2cc(C)ccn2)[nH]c2ccc(C)cc12. The zero-order chi connectivity index (χ0) is 17.3. The van der Waals surface area contributed by atoms with Gasteiger partial charge in [-0.2, -0.15) is 0 Å². The second kappa shape index (κ2) is 6.28. The first-order valence-electron chi connectivity index (χ1n) is 7.65. The van der Waals surface area contributed by atoms with Crippen LogP contribution < -0.4 is 0 Å². The molecule has 2 heterocycles. The lowest BCUT2D eigenvalue weighted by Crippen LogP contribution is -2.11. The van der Waals surface area contributed by atoms with Crippen LogP contribution in [0.1, 0.15) is 32.9 Å². The Hall–Kier alpha value is -2.95. The van der Waals surface area contributed by atoms with Gasteiger partial charge in [0.1, 0.15) is 5.69 Å². The molecule has 2 aromatic heterocycles. The van der Waals surface area contributed by atoms with Crippen molar-refractivity contribution in [2.45, 2.75) is 20.3 Å². The number of ketones is 1. The molecule has 1 N–H and O–H groups in total. The monoisotopic (exact) mass is 322 g/mol. The third-order valence-corrected chi connectivity index (χ3v) is 3.99. The van der Waals surface area contributed by atoms with Gasteiger partial charge in [0.15, 0.2) is 0 Å². The zero-order valence-corrected chi connectivity index (χ0v) is 13.8. The fourth-order valence-electron chi connectivity index (χ4n) is 2.74. The van der Waals surface area contributed by atoms with E-state index < -0.39 is 0 Å². The molecule has 0 amide bonds. The summed E-state index contributed by atoms with van der Waals surface area (Å²) in [6, 6.07) is 9.40. The molecule has 0 spiro atoms. The minimum absolute atomic E-state index is 0.0346. The minimum atomic E-state index is -0.386. The van der Waals surface area contributed by atoms with Crippen molar-refractivity contribution in [1.29, 1.82) is 0 Å². The second-order valence-corrected chi connectivity index (χ2v) is 5.83. The van der Waals surface area contributed by atoms with Gasteiger partial charge in [-0.15, -0.1) is 0 Å². The molecule has 5 heteroatoms. The lowest BCUT2D eigenvalue weighted by Gasteiger charge is -2.04. The van der Waals surface area contributed by atoms with Crippen LogP contribution in [0.5, 0.6) is 0 Å². The largest absolute Gasteiger partial charge is 0.469 e. The number of nitrogens with zero attached hydrogens (tertiary/aromatic N) is 1. The van der Waals surface area contributed by atoms with E-state index in [1.807, 2.05) is 38.1 Å². The van der Waals surface area contributed by atoms with Crippen LogP contribution in [-0.2, 0) is 16.0 Å². The van der Waals surface area contributed by atoms with Crippen molar-refractivity contribution in [2.24, 2.45) is 0 Å². The average molecular weight is 322 g/mol. The third-order valence-electron chi connectivity index (χ3n) is 3.99. The Kier molecular flexibility index (Phi) is 4.16. The highest BCUT2D eigenvalue weighted by Crippen LogP contribution is 2.26. The summed E-state index contributed by atoms with van der Waals surface area (Å²) in [6.45, 7) is 3.88. The van der Waals surface area contributed by atoms with Crippen molar-refractivity contribution in [1.82, 2.24) is 9.97 Å². The predicted octanol–water partition coefficient (Wildman–Crippen LogP) is 3.13. The number of esters is 1. The molecule has 0 radical (unpaired) electrons. The number of carbonyl (C=O) groups excluding carboxylic acids is 2. The highest BCUT2D eigenvalue weighted by molar-refractivity contribution is 6.11. The van der Waals surface area contributed by atoms with Crippen molar-refractivity contribution in [2.75, 3.05) is 7.11 Å². The summed E-state index contributed by atoms with van der Waals surface area (Å²) in [5, 5.41) is 0.858. The van der Waals surface area contributed by atoms with Crippen LogP contribution in [0.2, 0.25) is 0 Å². The lowest BCUT2D eigenvalue weighted by molar-refractivity contribution is -0.139. The Labute approximate surface area is 139 Å². The van der Waals surface area contributed by atoms with Gasteiger partial charge >= 0.3 is 5.97 Å². The van der Waals surface area contributed by atoms with Gasteiger partial charge in [0.05, 0.1) is 19.2 Å². The number of H-pyrrole nitrogens is 1. The van der Waals surface area contributed by atoms with E-state index in [4.69, 9.17) is 4.74 Å². The quantitative estimate of drug-likeness (QED) is 0.592. The number of aryl methyl sites for hydroxylation is 2. The number of hydrogen-bond acceptors (Lipinski definition) is 4. The highest BCUT2D eigenvalue weighted by Gasteiger charge is 2.22. The Morgan fingerprint density at radius 1 is 1.12 bits per heavy atom. The molecule has 0 aliphatic heterocycles. The number of carbonyl (C=O) groups is 2. The van der Waals surface area contributed by atoms with Gasteiger partial charge in [-0.1, -0.05) is 11.6 Å². The molecule has 0 bridgehead atoms. The van der Waals surface area contributed by atoms with Crippen LogP contribution in [0.25, 0.3) is 10.9 Å². The molecule has 122 valence electrons. The normalized spacial score (nSPS) is 10.8. The topological polar surface area (TPSA) is 72.1 Å². The molecule has 0 saturated carbocycles. The molecule has 24 heavy (non-hydrogen) atoms. The molecule has 5 nitrogen and oxygen atoms in total. The molecule has 3 rings (SSSR count). The smallest absolute Gasteiger partial charge is 0.310 e. The number of benzene rings is 1. The number of pyridine rings is 1. The van der Waals surface area contributed by atoms with E-state index in [-0.39, 0.29) is 18.2 Å². The summed E-state index contributed by atoms with van der Waals surface area (Å²) in [6.07, 6.45) is 1.64. The molecular weight excluding hydrogens is 304 g/mol. The van der Waals surface area contributed by atoms with Crippen LogP contribution in [0.15, 0.2) is 36.5 Å². The molecule has 0 unspecified atom stereocenters. The number of aromatic amines is 1. The fourth-order valence-corrected chi connectivity index (χ4v) is 2.74. The number of rotatable bonds is 4. The van der Waals surface area contributed by atoms with Crippen LogP contribution in [0, 0.1) is 13.8 Å². The molecule has 0 aliphatic rings. The van der Waals surface area contributed by atoms with Crippen molar-refractivity contribution in [3.05, 3.63) is 64.6 Å². The Bertz CT molecular complexity index is 941. The van der Waals surface area contributed by atoms with Gasteiger partial charge in [-0.25, -0.2) is 0 Å². The van der Waals surface area contributed by atoms with E-state index in [1.165, 1.54) is 7.11 Å². The van der Waals surface area contributed by atoms with Crippen LogP contribution in [0.3, 0.4) is 0 Å². The number of fused-ring (bicyclic) bond motifs is 1. The van der Waals surface area contributed by atoms with Crippen LogP contribution in [-0.4, -0.2) is 28.8 Å². The maximum absolute atomic E-state index is 12.9. The molecular formula is C19H18N2O3. The molecule has 0 fully saturated rings. The standard InChI is InChI=1S/C19H18N2O3/c1-11-4-5-15-13(8-11)14(10-17(22)24-3)18(21-15)19(23)16-9-12(2)6-7-20-16/h4-9,21H,10H2,1-3H3. The highest BCUT2D eigenvalue weighted by atomic mass is 16.5. The van der Waals surface area contributed by atoms with Crippen molar-refractivity contribution < 1.29 is 14.3 Å². The summed E-state index contributed by atoms with van der Waals surface area (Å²) in [5.74, 6) is -0.616. The van der Waals surface area contributed by atoms with Gasteiger partial charge in [0, 0.05) is 22.7 Å². The Balaban J connectivity index is 2.17. The lowest BCUT2D eigenvalue weighted by atomic mass is 10.0. The average Bonchev–Trinajstić information content (AvgIpc) is 2.92. The van der Waals surface area contributed by atoms with Gasteiger partial charge < -0.3 is 9.72 Å². The maximum Gasteiger partial charge on any atom is 0.310 e. The number of methoxy groups -OCH3 is 1. The van der Waals surface area contributed by atoms with Gasteiger partial charge in [0.2, 0.25) is 5.78 Å². The number of ether oxygens (including phenoxy) is 1. The first-order chi connectivity index (χ1) is 11.5. The summed E-state index contributed by atoms with van der Waals surface area (Å²) < 4.78 is 4.78. The van der Waals surface area contributed by atoms with Crippen molar-refractivity contribution in [3.8, 4) is 0 Å². The molecule has 3 aromatic rings. The molecule has 1 aromatic carbocycles. The number of aromatic nitrogens is 2. The number of hydrogen-bond donors (Lipinski definition) is 1. The third kappa shape index (κ3) is 2.93. The van der Waals surface area contributed by atoms with Gasteiger partial charge in [-0.05, 0) is 43.7 Å². The number of nitrogens with one attached hydrogen (secondary N) is 1. The zero-order valence-electron chi connectivity index (χ0n) is 13.8. The summed E-state index contributed by atoms with van der Waals surface area (Å²) >= 11 is 0. The minimum Gasteiger partial charge on any atom is -0.469 e. The summed E-state index contributed by atoms with van der Waals surface area (Å²) in [4.78, 5) is 32.0. The maximum atomic E-state index is 12.9. The van der Waals surface area contributed by atoms with Gasteiger partial charge in [-0.3, -0.25) is 14.6 Å². The van der Waals surface area contributed by atoms with Crippen LogP contribution in [0.4, 0.5) is 0 Å². The molecule has 0 aliphatic carbocycles. The van der Waals surface area contributed by atoms with E-state index in [0.29, 0.717) is 17.0 Å². The summed E-state index contributed by atoms with van der Waals surface area (Å²) in [5.41, 5.74) is 4.21. The van der Waals surface area contributed by atoms with Gasteiger partial charge in [0.25, 0.3) is 0 Å². The van der Waals surface area contributed by atoms with Crippen molar-refractivity contribution in [3.63, 3.8) is 0 Å². The van der Waals surface area contributed by atoms with E-state index >= 15 is 0 Å².